The summed E-state index contributed by atoms with van der Waals surface area (Å²) < 4.78 is 26.5. The molecule has 202 valence electrons. The number of sulfonamides is 1. The summed E-state index contributed by atoms with van der Waals surface area (Å²) in [7, 11) is -3.54. The van der Waals surface area contributed by atoms with Crippen LogP contribution in [0.4, 0.5) is 5.69 Å². The van der Waals surface area contributed by atoms with E-state index in [1.807, 2.05) is 44.2 Å². The van der Waals surface area contributed by atoms with Crippen molar-refractivity contribution in [2.45, 2.75) is 77.9 Å². The molecule has 0 saturated heterocycles. The average Bonchev–Trinajstić information content (AvgIpc) is 3.31. The summed E-state index contributed by atoms with van der Waals surface area (Å²) in [5, 5.41) is 3.65. The van der Waals surface area contributed by atoms with Crippen LogP contribution < -0.4 is 9.62 Å². The van der Waals surface area contributed by atoms with Crippen LogP contribution in [0.25, 0.3) is 0 Å². The second-order valence-corrected chi connectivity index (χ2v) is 12.4. The van der Waals surface area contributed by atoms with Gasteiger partial charge in [0.2, 0.25) is 21.8 Å². The number of rotatable bonds is 11. The van der Waals surface area contributed by atoms with Gasteiger partial charge in [-0.15, -0.1) is 0 Å². The number of carbonyl (C=O) groups is 2. The predicted octanol–water partition coefficient (Wildman–Crippen LogP) is 4.98. The highest BCUT2D eigenvalue weighted by Gasteiger charge is 2.29. The molecule has 1 aliphatic carbocycles. The third-order valence-electron chi connectivity index (χ3n) is 6.76. The first-order valence-corrected chi connectivity index (χ1v) is 15.1. The van der Waals surface area contributed by atoms with Gasteiger partial charge in [0.25, 0.3) is 0 Å². The number of nitrogens with one attached hydrogen (secondary N) is 1. The highest BCUT2D eigenvalue weighted by atomic mass is 35.5. The van der Waals surface area contributed by atoms with Gasteiger partial charge in [0.05, 0.1) is 11.9 Å². The molecule has 1 aliphatic rings. The van der Waals surface area contributed by atoms with Gasteiger partial charge in [-0.3, -0.25) is 13.9 Å². The fourth-order valence-electron chi connectivity index (χ4n) is 4.91. The van der Waals surface area contributed by atoms with Crippen LogP contribution in [-0.2, 0) is 26.2 Å². The minimum Gasteiger partial charge on any atom is -0.352 e. The Hall–Kier alpha value is -2.58. The maximum absolute atomic E-state index is 13.4. The molecule has 0 heterocycles. The Bertz CT molecular complexity index is 1190. The highest BCUT2D eigenvalue weighted by molar-refractivity contribution is 7.92. The van der Waals surface area contributed by atoms with Crippen LogP contribution >= 0.6 is 11.6 Å². The predicted molar refractivity (Wildman–Crippen MR) is 149 cm³/mol. The zero-order valence-corrected chi connectivity index (χ0v) is 23.7. The first-order valence-electron chi connectivity index (χ1n) is 12.8. The van der Waals surface area contributed by atoms with E-state index in [9.17, 15) is 18.0 Å². The van der Waals surface area contributed by atoms with Crippen LogP contribution in [0.5, 0.6) is 0 Å². The lowest BCUT2D eigenvalue weighted by Gasteiger charge is -2.30. The maximum Gasteiger partial charge on any atom is 0.242 e. The van der Waals surface area contributed by atoms with Crippen molar-refractivity contribution in [3.63, 3.8) is 0 Å². The van der Waals surface area contributed by atoms with E-state index in [0.717, 1.165) is 42.4 Å². The average molecular weight is 548 g/mol. The van der Waals surface area contributed by atoms with Crippen molar-refractivity contribution < 1.29 is 18.0 Å². The molecule has 2 aromatic rings. The maximum atomic E-state index is 13.4. The quantitative estimate of drug-likeness (QED) is 0.430. The van der Waals surface area contributed by atoms with E-state index < -0.39 is 16.1 Å². The summed E-state index contributed by atoms with van der Waals surface area (Å²) in [6.45, 7) is 6.00. The molecule has 3 rings (SSSR count). The first kappa shape index (κ1) is 29.0. The summed E-state index contributed by atoms with van der Waals surface area (Å²) in [5.41, 5.74) is 3.35. The number of anilines is 1. The molecule has 0 aromatic heterocycles. The van der Waals surface area contributed by atoms with Gasteiger partial charge < -0.3 is 10.2 Å². The van der Waals surface area contributed by atoms with E-state index in [0.29, 0.717) is 17.1 Å². The highest BCUT2D eigenvalue weighted by Crippen LogP contribution is 2.23. The van der Waals surface area contributed by atoms with Crippen LogP contribution in [0.15, 0.2) is 42.5 Å². The minimum absolute atomic E-state index is 0.110. The van der Waals surface area contributed by atoms with Gasteiger partial charge in [0.1, 0.15) is 6.04 Å². The van der Waals surface area contributed by atoms with Gasteiger partial charge in [0, 0.05) is 30.6 Å². The summed E-state index contributed by atoms with van der Waals surface area (Å²) in [4.78, 5) is 28.0. The largest absolute Gasteiger partial charge is 0.352 e. The minimum atomic E-state index is -3.54. The number of carbonyl (C=O) groups excluding carboxylic acids is 2. The van der Waals surface area contributed by atoms with Crippen LogP contribution in [0.2, 0.25) is 5.02 Å². The molecule has 37 heavy (non-hydrogen) atoms. The Balaban J connectivity index is 1.73. The van der Waals surface area contributed by atoms with Crippen LogP contribution in [0.1, 0.15) is 62.1 Å². The van der Waals surface area contributed by atoms with Crippen molar-refractivity contribution in [1.82, 2.24) is 10.2 Å². The van der Waals surface area contributed by atoms with Gasteiger partial charge in [-0.05, 0) is 81.0 Å². The lowest BCUT2D eigenvalue weighted by Crippen LogP contribution is -2.49. The lowest BCUT2D eigenvalue weighted by molar-refractivity contribution is -0.141. The zero-order chi connectivity index (χ0) is 27.2. The Morgan fingerprint density at radius 3 is 2.32 bits per heavy atom. The van der Waals surface area contributed by atoms with Gasteiger partial charge in [-0.1, -0.05) is 42.6 Å². The third-order valence-corrected chi connectivity index (χ3v) is 8.19. The number of benzene rings is 2. The molecule has 0 bridgehead atoms. The monoisotopic (exact) mass is 547 g/mol. The van der Waals surface area contributed by atoms with E-state index >= 15 is 0 Å². The topological polar surface area (TPSA) is 86.8 Å². The molecule has 2 aromatic carbocycles. The smallest absolute Gasteiger partial charge is 0.242 e. The Kier molecular flexibility index (Phi) is 10.0. The van der Waals surface area contributed by atoms with Crippen LogP contribution in [0.3, 0.4) is 0 Å². The first-order chi connectivity index (χ1) is 17.4. The van der Waals surface area contributed by atoms with Crippen molar-refractivity contribution in [2.24, 2.45) is 0 Å². The van der Waals surface area contributed by atoms with E-state index in [-0.39, 0.29) is 37.4 Å². The number of hydrogen-bond donors (Lipinski definition) is 1. The van der Waals surface area contributed by atoms with Crippen molar-refractivity contribution >= 4 is 39.1 Å². The van der Waals surface area contributed by atoms with E-state index in [1.165, 1.54) is 10.6 Å². The fourth-order valence-corrected chi connectivity index (χ4v) is 6.07. The summed E-state index contributed by atoms with van der Waals surface area (Å²) in [5.74, 6) is -0.377. The number of amides is 2. The molecule has 9 heteroatoms. The Morgan fingerprint density at radius 2 is 1.73 bits per heavy atom. The Morgan fingerprint density at radius 1 is 1.08 bits per heavy atom. The van der Waals surface area contributed by atoms with Crippen LogP contribution in [-0.4, -0.2) is 50.0 Å². The summed E-state index contributed by atoms with van der Waals surface area (Å²) >= 11 is 6.16. The fraction of sp³-hybridized carbons (Fsp3) is 0.500. The molecule has 1 unspecified atom stereocenters. The normalized spacial score (nSPS) is 14.8. The van der Waals surface area contributed by atoms with E-state index in [2.05, 4.69) is 5.32 Å². The van der Waals surface area contributed by atoms with E-state index in [1.54, 1.807) is 24.0 Å². The van der Waals surface area contributed by atoms with Crippen molar-refractivity contribution in [3.8, 4) is 0 Å². The molecule has 0 spiro atoms. The molecule has 1 saturated carbocycles. The number of hydrogen-bond acceptors (Lipinski definition) is 4. The van der Waals surface area contributed by atoms with Gasteiger partial charge in [0.15, 0.2) is 0 Å². The summed E-state index contributed by atoms with van der Waals surface area (Å²) in [6.07, 6.45) is 5.72. The van der Waals surface area contributed by atoms with Gasteiger partial charge in [-0.2, -0.15) is 0 Å². The van der Waals surface area contributed by atoms with Gasteiger partial charge in [-0.25, -0.2) is 8.42 Å². The zero-order valence-electron chi connectivity index (χ0n) is 22.2. The number of nitrogens with zero attached hydrogens (tertiary/aromatic N) is 2. The van der Waals surface area contributed by atoms with E-state index in [4.69, 9.17) is 11.6 Å². The Labute approximate surface area is 226 Å². The number of halogens is 1. The molecule has 7 nitrogen and oxygen atoms in total. The third kappa shape index (κ3) is 8.47. The molecule has 1 atom stereocenters. The second kappa shape index (κ2) is 12.8. The second-order valence-electron chi connectivity index (χ2n) is 10.1. The molecule has 2 amide bonds. The summed E-state index contributed by atoms with van der Waals surface area (Å²) in [6, 6.07) is 12.4. The standard InChI is InChI=1S/C28H38ClN3O4S/c1-20-15-21(2)17-26(16-20)32(37(4,35)36)14-8-13-27(33)31(19-23-9-7-10-24(29)18-23)22(3)28(34)30-25-11-5-6-12-25/h7,9-10,15-18,22,25H,5-6,8,11-14,19H2,1-4H3,(H,30,34). The molecular formula is C28H38ClN3O4S. The van der Waals surface area contributed by atoms with Crippen molar-refractivity contribution in [1.29, 1.82) is 0 Å². The van der Waals surface area contributed by atoms with Gasteiger partial charge >= 0.3 is 0 Å². The molecule has 1 N–H and O–H groups in total. The molecule has 0 aliphatic heterocycles. The molecule has 0 radical (unpaired) electrons. The number of aryl methyl sites for hydroxylation is 2. The lowest BCUT2D eigenvalue weighted by atomic mass is 10.1. The van der Waals surface area contributed by atoms with Crippen LogP contribution in [0, 0.1) is 13.8 Å². The van der Waals surface area contributed by atoms with Crippen molar-refractivity contribution in [3.05, 3.63) is 64.2 Å². The van der Waals surface area contributed by atoms with Crippen molar-refractivity contribution in [2.75, 3.05) is 17.1 Å². The molecule has 1 fully saturated rings. The SMILES string of the molecule is Cc1cc(C)cc(N(CCCC(=O)N(Cc2cccc(Cl)c2)C(C)C(=O)NC2CCCC2)S(C)(=O)=O)c1. The molecular weight excluding hydrogens is 510 g/mol.